The molecule has 0 aliphatic rings. The van der Waals surface area contributed by atoms with Crippen molar-refractivity contribution in [2.75, 3.05) is 6.61 Å². The van der Waals surface area contributed by atoms with Crippen LogP contribution in [0.4, 0.5) is 0 Å². The highest BCUT2D eigenvalue weighted by Crippen LogP contribution is 2.22. The maximum Gasteiger partial charge on any atom is 0.122 e. The largest absolute Gasteiger partial charge is 0.493 e. The lowest BCUT2D eigenvalue weighted by Gasteiger charge is -2.16. The fraction of sp³-hybridized carbons (Fsp3) is 0.500. The predicted molar refractivity (Wildman–Crippen MR) is 65.3 cm³/mol. The molecule has 1 rings (SSSR count). The van der Waals surface area contributed by atoms with Gasteiger partial charge in [0.2, 0.25) is 0 Å². The first kappa shape index (κ1) is 12.6. The zero-order valence-corrected chi connectivity index (χ0v) is 10.3. The van der Waals surface area contributed by atoms with Crippen LogP contribution in [-0.4, -0.2) is 6.61 Å². The summed E-state index contributed by atoms with van der Waals surface area (Å²) in [6, 6.07) is 10.3. The smallest absolute Gasteiger partial charge is 0.122 e. The highest BCUT2D eigenvalue weighted by atomic mass is 16.5. The summed E-state index contributed by atoms with van der Waals surface area (Å²) in [5.74, 6) is 0.943. The van der Waals surface area contributed by atoms with Gasteiger partial charge in [-0.1, -0.05) is 25.1 Å². The van der Waals surface area contributed by atoms with Crippen molar-refractivity contribution in [2.45, 2.75) is 33.6 Å². The van der Waals surface area contributed by atoms with Gasteiger partial charge >= 0.3 is 0 Å². The lowest BCUT2D eigenvalue weighted by molar-refractivity contribution is 0.262. The number of hydrogen-bond donors (Lipinski definition) is 0. The summed E-state index contributed by atoms with van der Waals surface area (Å²) in [5, 5.41) is 8.89. The minimum absolute atomic E-state index is 0.304. The maximum absolute atomic E-state index is 8.89. The van der Waals surface area contributed by atoms with E-state index in [0.717, 1.165) is 18.6 Å². The van der Waals surface area contributed by atoms with Gasteiger partial charge < -0.3 is 4.74 Å². The molecular formula is C14H19NO. The van der Waals surface area contributed by atoms with Gasteiger partial charge in [0, 0.05) is 0 Å². The number of aryl methyl sites for hydroxylation is 1. The van der Waals surface area contributed by atoms with E-state index in [1.807, 2.05) is 32.0 Å². The number of benzene rings is 1. The van der Waals surface area contributed by atoms with E-state index in [-0.39, 0.29) is 5.41 Å². The van der Waals surface area contributed by atoms with E-state index in [4.69, 9.17) is 10.00 Å². The summed E-state index contributed by atoms with van der Waals surface area (Å²) < 4.78 is 5.71. The molecule has 0 saturated heterocycles. The summed E-state index contributed by atoms with van der Waals surface area (Å²) in [7, 11) is 0. The fourth-order valence-corrected chi connectivity index (χ4v) is 1.41. The first-order valence-corrected chi connectivity index (χ1v) is 5.71. The Kier molecular flexibility index (Phi) is 4.37. The third kappa shape index (κ3) is 3.58. The number of nitriles is 1. The van der Waals surface area contributed by atoms with Crippen molar-refractivity contribution in [1.82, 2.24) is 0 Å². The van der Waals surface area contributed by atoms with Crippen molar-refractivity contribution in [3.05, 3.63) is 29.8 Å². The van der Waals surface area contributed by atoms with Crippen molar-refractivity contribution in [2.24, 2.45) is 5.41 Å². The molecule has 0 saturated carbocycles. The van der Waals surface area contributed by atoms with Crippen LogP contribution in [-0.2, 0) is 6.42 Å². The Morgan fingerprint density at radius 2 is 2.00 bits per heavy atom. The van der Waals surface area contributed by atoms with Gasteiger partial charge in [0.05, 0.1) is 18.1 Å². The van der Waals surface area contributed by atoms with Crippen molar-refractivity contribution in [3.8, 4) is 11.8 Å². The average molecular weight is 217 g/mol. The van der Waals surface area contributed by atoms with Gasteiger partial charge in [-0.05, 0) is 38.3 Å². The maximum atomic E-state index is 8.89. The molecule has 0 aromatic heterocycles. The third-order valence-electron chi connectivity index (χ3n) is 2.64. The normalized spacial score (nSPS) is 10.9. The zero-order valence-electron chi connectivity index (χ0n) is 10.3. The van der Waals surface area contributed by atoms with E-state index in [0.29, 0.717) is 6.61 Å². The molecule has 0 atom stereocenters. The summed E-state index contributed by atoms with van der Waals surface area (Å²) in [4.78, 5) is 0. The predicted octanol–water partition coefficient (Wildman–Crippen LogP) is 3.57. The Morgan fingerprint density at radius 3 is 2.62 bits per heavy atom. The first-order chi connectivity index (χ1) is 7.59. The van der Waals surface area contributed by atoms with Crippen molar-refractivity contribution < 1.29 is 4.74 Å². The second kappa shape index (κ2) is 5.55. The van der Waals surface area contributed by atoms with E-state index < -0.39 is 0 Å². The van der Waals surface area contributed by atoms with E-state index in [1.54, 1.807) is 0 Å². The van der Waals surface area contributed by atoms with Crippen LogP contribution in [0, 0.1) is 16.7 Å². The molecule has 86 valence electrons. The van der Waals surface area contributed by atoms with Gasteiger partial charge in [-0.2, -0.15) is 5.26 Å². The molecule has 2 heteroatoms. The molecule has 0 radical (unpaired) electrons. The molecule has 0 fully saturated rings. The van der Waals surface area contributed by atoms with E-state index >= 15 is 0 Å². The van der Waals surface area contributed by atoms with Crippen molar-refractivity contribution >= 4 is 0 Å². The molecule has 0 heterocycles. The number of para-hydroxylation sites is 1. The molecule has 0 bridgehead atoms. The van der Waals surface area contributed by atoms with Crippen molar-refractivity contribution in [1.29, 1.82) is 5.26 Å². The number of rotatable bonds is 5. The molecule has 0 amide bonds. The van der Waals surface area contributed by atoms with Gasteiger partial charge in [0.25, 0.3) is 0 Å². The number of ether oxygens (including phenoxy) is 1. The molecule has 0 N–H and O–H groups in total. The van der Waals surface area contributed by atoms with Crippen LogP contribution < -0.4 is 4.74 Å². The van der Waals surface area contributed by atoms with Gasteiger partial charge in [-0.15, -0.1) is 0 Å². The Hall–Kier alpha value is -1.49. The molecule has 0 aliphatic carbocycles. The summed E-state index contributed by atoms with van der Waals surface area (Å²) >= 11 is 0. The van der Waals surface area contributed by atoms with Crippen LogP contribution >= 0.6 is 0 Å². The summed E-state index contributed by atoms with van der Waals surface area (Å²) in [5.41, 5.74) is 0.915. The molecule has 0 unspecified atom stereocenters. The molecular weight excluding hydrogens is 198 g/mol. The quantitative estimate of drug-likeness (QED) is 0.755. The molecule has 16 heavy (non-hydrogen) atoms. The van der Waals surface area contributed by atoms with E-state index in [9.17, 15) is 0 Å². The van der Waals surface area contributed by atoms with Crippen LogP contribution in [0.5, 0.6) is 5.75 Å². The van der Waals surface area contributed by atoms with E-state index in [2.05, 4.69) is 19.1 Å². The monoisotopic (exact) mass is 217 g/mol. The Balaban J connectivity index is 2.53. The van der Waals surface area contributed by atoms with Crippen LogP contribution in [0.15, 0.2) is 24.3 Å². The molecule has 1 aromatic rings. The molecule has 0 aliphatic heterocycles. The van der Waals surface area contributed by atoms with Crippen molar-refractivity contribution in [3.63, 3.8) is 0 Å². The van der Waals surface area contributed by atoms with Gasteiger partial charge in [0.1, 0.15) is 5.75 Å². The minimum Gasteiger partial charge on any atom is -0.493 e. The Bertz CT molecular complexity index is 377. The summed E-state index contributed by atoms with van der Waals surface area (Å²) in [6.07, 6.45) is 1.72. The topological polar surface area (TPSA) is 33.0 Å². The summed E-state index contributed by atoms with van der Waals surface area (Å²) in [6.45, 7) is 6.57. The Morgan fingerprint density at radius 1 is 1.31 bits per heavy atom. The van der Waals surface area contributed by atoms with Gasteiger partial charge in [0.15, 0.2) is 0 Å². The fourth-order valence-electron chi connectivity index (χ4n) is 1.41. The highest BCUT2D eigenvalue weighted by molar-refractivity contribution is 5.33. The van der Waals surface area contributed by atoms with Crippen LogP contribution in [0.25, 0.3) is 0 Å². The van der Waals surface area contributed by atoms with Crippen LogP contribution in [0.3, 0.4) is 0 Å². The van der Waals surface area contributed by atoms with Crippen LogP contribution in [0.2, 0.25) is 0 Å². The molecule has 2 nitrogen and oxygen atoms in total. The second-order valence-corrected chi connectivity index (χ2v) is 4.56. The van der Waals surface area contributed by atoms with Crippen LogP contribution in [0.1, 0.15) is 32.8 Å². The SMILES string of the molecule is CCc1ccccc1OCCC(C)(C)C#N. The molecule has 1 aromatic carbocycles. The highest BCUT2D eigenvalue weighted by Gasteiger charge is 2.16. The first-order valence-electron chi connectivity index (χ1n) is 5.71. The number of hydrogen-bond acceptors (Lipinski definition) is 2. The average Bonchev–Trinajstić information content (AvgIpc) is 2.29. The Labute approximate surface area is 97.9 Å². The number of nitrogens with zero attached hydrogens (tertiary/aromatic N) is 1. The molecule has 0 spiro atoms. The van der Waals surface area contributed by atoms with Gasteiger partial charge in [-0.25, -0.2) is 0 Å². The minimum atomic E-state index is -0.304. The lowest BCUT2D eigenvalue weighted by atomic mass is 9.92. The third-order valence-corrected chi connectivity index (χ3v) is 2.64. The van der Waals surface area contributed by atoms with Gasteiger partial charge in [-0.3, -0.25) is 0 Å². The standard InChI is InChI=1S/C14H19NO/c1-4-12-7-5-6-8-13(12)16-10-9-14(2,3)11-15/h5-8H,4,9-10H2,1-3H3. The lowest BCUT2D eigenvalue weighted by Crippen LogP contribution is -2.13. The van der Waals surface area contributed by atoms with E-state index in [1.165, 1.54) is 5.56 Å². The second-order valence-electron chi connectivity index (χ2n) is 4.56. The zero-order chi connectivity index (χ0) is 12.0.